The first-order chi connectivity index (χ1) is 16.7. The monoisotopic (exact) mass is 461 g/mol. The molecule has 2 heterocycles. The molecule has 0 bridgehead atoms. The molecule has 1 aliphatic carbocycles. The summed E-state index contributed by atoms with van der Waals surface area (Å²) in [6, 6.07) is 16.6. The molecule has 2 aliphatic rings. The number of ether oxygens (including phenoxy) is 2. The lowest BCUT2D eigenvalue weighted by atomic mass is 9.93. The van der Waals surface area contributed by atoms with E-state index < -0.39 is 0 Å². The minimum Gasteiger partial charge on any atom is -0.454 e. The van der Waals surface area contributed by atoms with Gasteiger partial charge in [0, 0.05) is 24.2 Å². The first-order valence-electron chi connectivity index (χ1n) is 11.7. The third-order valence-corrected chi connectivity index (χ3v) is 6.30. The van der Waals surface area contributed by atoms with Crippen molar-refractivity contribution in [3.8, 4) is 11.5 Å². The summed E-state index contributed by atoms with van der Waals surface area (Å²) in [6.45, 7) is 0.802. The summed E-state index contributed by atoms with van der Waals surface area (Å²) in [5.74, 6) is 1.48. The van der Waals surface area contributed by atoms with E-state index in [4.69, 9.17) is 14.0 Å². The largest absolute Gasteiger partial charge is 0.454 e. The molecule has 1 aromatic heterocycles. The van der Waals surface area contributed by atoms with Gasteiger partial charge in [0.1, 0.15) is 0 Å². The van der Waals surface area contributed by atoms with E-state index in [2.05, 4.69) is 10.5 Å². The fourth-order valence-electron chi connectivity index (χ4n) is 4.49. The summed E-state index contributed by atoms with van der Waals surface area (Å²) < 4.78 is 16.2. The van der Waals surface area contributed by atoms with Crippen molar-refractivity contribution in [3.05, 3.63) is 77.2 Å². The van der Waals surface area contributed by atoms with Crippen LogP contribution >= 0.6 is 0 Å². The molecule has 2 aromatic carbocycles. The van der Waals surface area contributed by atoms with E-state index in [1.165, 1.54) is 6.42 Å². The predicted octanol–water partition coefficient (Wildman–Crippen LogP) is 4.31. The van der Waals surface area contributed by atoms with Crippen LogP contribution in [0.5, 0.6) is 11.5 Å². The lowest BCUT2D eigenvalue weighted by Gasteiger charge is -2.33. The summed E-state index contributed by atoms with van der Waals surface area (Å²) in [6.07, 6.45) is 5.34. The van der Waals surface area contributed by atoms with Gasteiger partial charge in [-0.3, -0.25) is 9.59 Å². The van der Waals surface area contributed by atoms with Gasteiger partial charge in [0.25, 0.3) is 11.8 Å². The first kappa shape index (κ1) is 22.0. The van der Waals surface area contributed by atoms with Gasteiger partial charge in [0.05, 0.1) is 6.54 Å². The zero-order valence-corrected chi connectivity index (χ0v) is 18.9. The molecule has 1 aliphatic heterocycles. The lowest BCUT2D eigenvalue weighted by Crippen LogP contribution is -2.40. The molecule has 0 atom stereocenters. The van der Waals surface area contributed by atoms with Gasteiger partial charge in [-0.15, -0.1) is 0 Å². The zero-order chi connectivity index (χ0) is 23.3. The molecule has 0 radical (unpaired) electrons. The molecule has 1 fully saturated rings. The summed E-state index contributed by atoms with van der Waals surface area (Å²) in [5.41, 5.74) is 1.72. The maximum absolute atomic E-state index is 13.3. The molecular formula is C26H27N3O5. The lowest BCUT2D eigenvalue weighted by molar-refractivity contribution is 0.0590. The second-order valence-electron chi connectivity index (χ2n) is 8.64. The molecular weight excluding hydrogens is 434 g/mol. The average molecular weight is 462 g/mol. The average Bonchev–Trinajstić information content (AvgIpc) is 3.56. The molecule has 0 spiro atoms. The van der Waals surface area contributed by atoms with Crippen molar-refractivity contribution in [1.29, 1.82) is 0 Å². The highest BCUT2D eigenvalue weighted by atomic mass is 16.7. The third kappa shape index (κ3) is 4.90. The summed E-state index contributed by atoms with van der Waals surface area (Å²) in [5, 5.41) is 6.79. The standard InChI is InChI=1S/C26H27N3O5/c30-25(27-15-18-11-12-23-24(13-18)33-17-32-23)22-14-21(34-28-22)16-29(20-9-5-2-6-10-20)26(31)19-7-3-1-4-8-19/h1,3-4,7-8,11-14,20H,2,5-6,9-10,15-17H2,(H,27,30). The van der Waals surface area contributed by atoms with Gasteiger partial charge >= 0.3 is 0 Å². The van der Waals surface area contributed by atoms with E-state index in [0.29, 0.717) is 29.4 Å². The van der Waals surface area contributed by atoms with Crippen LogP contribution in [0.25, 0.3) is 0 Å². The fourth-order valence-corrected chi connectivity index (χ4v) is 4.49. The normalized spacial score (nSPS) is 15.2. The Kier molecular flexibility index (Phi) is 6.46. The Morgan fingerprint density at radius 2 is 1.76 bits per heavy atom. The number of hydrogen-bond donors (Lipinski definition) is 1. The van der Waals surface area contributed by atoms with Crippen LogP contribution in [0.2, 0.25) is 0 Å². The molecule has 8 nitrogen and oxygen atoms in total. The van der Waals surface area contributed by atoms with Crippen molar-refractivity contribution in [2.75, 3.05) is 6.79 Å². The van der Waals surface area contributed by atoms with E-state index in [0.717, 1.165) is 31.2 Å². The molecule has 1 saturated carbocycles. The number of hydrogen-bond acceptors (Lipinski definition) is 6. The van der Waals surface area contributed by atoms with E-state index in [-0.39, 0.29) is 36.9 Å². The van der Waals surface area contributed by atoms with E-state index in [1.807, 2.05) is 53.4 Å². The molecule has 3 aromatic rings. The van der Waals surface area contributed by atoms with Crippen molar-refractivity contribution in [2.24, 2.45) is 0 Å². The highest BCUT2D eigenvalue weighted by molar-refractivity contribution is 5.94. The first-order valence-corrected chi connectivity index (χ1v) is 11.7. The highest BCUT2D eigenvalue weighted by Gasteiger charge is 2.28. The summed E-state index contributed by atoms with van der Waals surface area (Å²) in [7, 11) is 0. The molecule has 1 N–H and O–H groups in total. The number of rotatable bonds is 7. The van der Waals surface area contributed by atoms with Gasteiger partial charge in [-0.1, -0.05) is 48.7 Å². The minimum absolute atomic E-state index is 0.0299. The molecule has 0 unspecified atom stereocenters. The van der Waals surface area contributed by atoms with Crippen molar-refractivity contribution >= 4 is 11.8 Å². The number of benzene rings is 2. The van der Waals surface area contributed by atoms with Crippen LogP contribution in [0.3, 0.4) is 0 Å². The number of carbonyl (C=O) groups excluding carboxylic acids is 2. The van der Waals surface area contributed by atoms with Gasteiger partial charge in [-0.25, -0.2) is 0 Å². The van der Waals surface area contributed by atoms with Crippen LogP contribution in [0, 0.1) is 0 Å². The number of aromatic nitrogens is 1. The van der Waals surface area contributed by atoms with Gasteiger partial charge in [-0.05, 0) is 42.7 Å². The van der Waals surface area contributed by atoms with Gasteiger partial charge in [0.15, 0.2) is 23.0 Å². The van der Waals surface area contributed by atoms with Gasteiger partial charge < -0.3 is 24.2 Å². The Morgan fingerprint density at radius 1 is 0.971 bits per heavy atom. The quantitative estimate of drug-likeness (QED) is 0.564. The Hall–Kier alpha value is -3.81. The zero-order valence-electron chi connectivity index (χ0n) is 18.9. The van der Waals surface area contributed by atoms with Crippen LogP contribution in [0.4, 0.5) is 0 Å². The molecule has 2 amide bonds. The second kappa shape index (κ2) is 9.99. The van der Waals surface area contributed by atoms with E-state index >= 15 is 0 Å². The van der Waals surface area contributed by atoms with Crippen LogP contribution in [-0.2, 0) is 13.1 Å². The summed E-state index contributed by atoms with van der Waals surface area (Å²) in [4.78, 5) is 27.8. The topological polar surface area (TPSA) is 93.9 Å². The smallest absolute Gasteiger partial charge is 0.273 e. The third-order valence-electron chi connectivity index (χ3n) is 6.30. The van der Waals surface area contributed by atoms with Crippen LogP contribution < -0.4 is 14.8 Å². The molecule has 176 valence electrons. The molecule has 5 rings (SSSR count). The Morgan fingerprint density at radius 3 is 2.59 bits per heavy atom. The Balaban J connectivity index is 1.25. The van der Waals surface area contributed by atoms with E-state index in [1.54, 1.807) is 6.07 Å². The van der Waals surface area contributed by atoms with Crippen LogP contribution in [0.15, 0.2) is 59.1 Å². The van der Waals surface area contributed by atoms with Crippen molar-refractivity contribution in [1.82, 2.24) is 15.4 Å². The summed E-state index contributed by atoms with van der Waals surface area (Å²) >= 11 is 0. The number of fused-ring (bicyclic) bond motifs is 1. The number of nitrogens with one attached hydrogen (secondary N) is 1. The van der Waals surface area contributed by atoms with Crippen LogP contribution in [0.1, 0.15) is 64.3 Å². The second-order valence-corrected chi connectivity index (χ2v) is 8.64. The van der Waals surface area contributed by atoms with Crippen molar-refractivity contribution in [2.45, 2.75) is 51.2 Å². The van der Waals surface area contributed by atoms with Crippen molar-refractivity contribution in [3.63, 3.8) is 0 Å². The Bertz CT molecular complexity index is 1150. The number of carbonyl (C=O) groups is 2. The van der Waals surface area contributed by atoms with Crippen molar-refractivity contribution < 1.29 is 23.6 Å². The maximum atomic E-state index is 13.3. The number of nitrogens with zero attached hydrogens (tertiary/aromatic N) is 2. The van der Waals surface area contributed by atoms with E-state index in [9.17, 15) is 9.59 Å². The van der Waals surface area contributed by atoms with Crippen LogP contribution in [-0.4, -0.2) is 34.7 Å². The minimum atomic E-state index is -0.341. The molecule has 8 heteroatoms. The predicted molar refractivity (Wildman–Crippen MR) is 123 cm³/mol. The Labute approximate surface area is 197 Å². The van der Waals surface area contributed by atoms with Gasteiger partial charge in [0.2, 0.25) is 6.79 Å². The highest BCUT2D eigenvalue weighted by Crippen LogP contribution is 2.32. The molecule has 34 heavy (non-hydrogen) atoms. The number of amides is 2. The SMILES string of the molecule is O=C(NCc1ccc2c(c1)OCO2)c1cc(CN(C(=O)c2ccccc2)C2CCCCC2)on1. The fraction of sp³-hybridized carbons (Fsp3) is 0.346. The molecule has 0 saturated heterocycles. The van der Waals surface area contributed by atoms with Gasteiger partial charge in [-0.2, -0.15) is 0 Å². The maximum Gasteiger partial charge on any atom is 0.273 e.